The molecule has 1 aromatic carbocycles. The molecule has 2 heterocycles. The quantitative estimate of drug-likeness (QED) is 0.841. The zero-order valence-electron chi connectivity index (χ0n) is 14.2. The Kier molecular flexibility index (Phi) is 4.09. The minimum atomic E-state index is 0.0725. The van der Waals surface area contributed by atoms with Crippen molar-refractivity contribution in [1.29, 1.82) is 0 Å². The number of amides is 1. The Morgan fingerprint density at radius 2 is 2.12 bits per heavy atom. The monoisotopic (exact) mass is 341 g/mol. The molecule has 0 spiro atoms. The van der Waals surface area contributed by atoms with Crippen LogP contribution in [0.2, 0.25) is 0 Å². The van der Waals surface area contributed by atoms with Crippen LogP contribution in [0.1, 0.15) is 53.4 Å². The number of nitrogens with one attached hydrogen (secondary N) is 1. The van der Waals surface area contributed by atoms with Gasteiger partial charge in [0.05, 0.1) is 4.88 Å². The highest BCUT2D eigenvalue weighted by atomic mass is 32.1. The third-order valence-electron chi connectivity index (χ3n) is 5.31. The molecule has 4 rings (SSSR count). The summed E-state index contributed by atoms with van der Waals surface area (Å²) >= 11 is 1.60. The van der Waals surface area contributed by atoms with Crippen molar-refractivity contribution in [3.05, 3.63) is 40.3 Å². The Bertz CT molecular complexity index is 780. The normalized spacial score (nSPS) is 22.2. The van der Waals surface area contributed by atoms with Crippen LogP contribution in [0.25, 0.3) is 10.4 Å². The summed E-state index contributed by atoms with van der Waals surface area (Å²) in [5.41, 5.74) is 3.47. The topological polar surface area (TPSA) is 38.3 Å². The minimum Gasteiger partial charge on any atom is -0.488 e. The number of carbonyl (C=O) groups excluding carboxylic acids is 1. The lowest BCUT2D eigenvalue weighted by atomic mass is 9.86. The number of aryl methyl sites for hydroxylation is 1. The van der Waals surface area contributed by atoms with Crippen LogP contribution in [0.4, 0.5) is 0 Å². The lowest BCUT2D eigenvalue weighted by Gasteiger charge is -2.29. The van der Waals surface area contributed by atoms with Gasteiger partial charge in [0.15, 0.2) is 0 Å². The molecule has 1 fully saturated rings. The third kappa shape index (κ3) is 2.73. The molecule has 1 aliphatic heterocycles. The molecule has 1 N–H and O–H groups in total. The second kappa shape index (κ2) is 6.25. The molecule has 0 saturated heterocycles. The lowest BCUT2D eigenvalue weighted by Crippen LogP contribution is -2.40. The van der Waals surface area contributed by atoms with Crippen LogP contribution in [0.3, 0.4) is 0 Å². The van der Waals surface area contributed by atoms with Gasteiger partial charge in [0.1, 0.15) is 12.4 Å². The Hall–Kier alpha value is -1.81. The van der Waals surface area contributed by atoms with Crippen molar-refractivity contribution in [3.63, 3.8) is 0 Å². The summed E-state index contributed by atoms with van der Waals surface area (Å²) in [5, 5.41) is 3.26. The van der Waals surface area contributed by atoms with E-state index in [1.165, 1.54) is 29.7 Å². The third-order valence-corrected chi connectivity index (χ3v) is 6.50. The summed E-state index contributed by atoms with van der Waals surface area (Å²) in [6, 6.07) is 8.45. The van der Waals surface area contributed by atoms with Gasteiger partial charge in [0.25, 0.3) is 5.91 Å². The van der Waals surface area contributed by atoms with Crippen LogP contribution in [-0.2, 0) is 6.61 Å². The summed E-state index contributed by atoms with van der Waals surface area (Å²) < 4.78 is 5.87. The van der Waals surface area contributed by atoms with Gasteiger partial charge in [-0.3, -0.25) is 4.79 Å². The summed E-state index contributed by atoms with van der Waals surface area (Å²) in [7, 11) is 0. The molecule has 3 nitrogen and oxygen atoms in total. The van der Waals surface area contributed by atoms with E-state index in [2.05, 4.69) is 25.2 Å². The molecule has 2 aliphatic rings. The van der Waals surface area contributed by atoms with Crippen LogP contribution < -0.4 is 10.1 Å². The number of hydrogen-bond acceptors (Lipinski definition) is 3. The fourth-order valence-corrected chi connectivity index (χ4v) is 5.02. The predicted molar refractivity (Wildman–Crippen MR) is 97.7 cm³/mol. The summed E-state index contributed by atoms with van der Waals surface area (Å²) in [4.78, 5) is 14.7. The maximum Gasteiger partial charge on any atom is 0.261 e. The fourth-order valence-electron chi connectivity index (χ4n) is 3.84. The van der Waals surface area contributed by atoms with Crippen molar-refractivity contribution in [2.45, 2.75) is 52.2 Å². The maximum atomic E-state index is 12.7. The smallest absolute Gasteiger partial charge is 0.261 e. The van der Waals surface area contributed by atoms with E-state index in [1.54, 1.807) is 11.3 Å². The van der Waals surface area contributed by atoms with E-state index < -0.39 is 0 Å². The van der Waals surface area contributed by atoms with Crippen LogP contribution in [0, 0.1) is 12.8 Å². The average Bonchev–Trinajstić information content (AvgIpc) is 3.01. The van der Waals surface area contributed by atoms with Crippen LogP contribution in [-0.4, -0.2) is 11.9 Å². The zero-order chi connectivity index (χ0) is 16.7. The van der Waals surface area contributed by atoms with Crippen LogP contribution in [0.5, 0.6) is 5.75 Å². The lowest BCUT2D eigenvalue weighted by molar-refractivity contribution is 0.0914. The molecule has 2 atom stereocenters. The second-order valence-corrected chi connectivity index (χ2v) is 8.10. The molecule has 0 radical (unpaired) electrons. The summed E-state index contributed by atoms with van der Waals surface area (Å²) in [6.07, 6.45) is 4.82. The molecular formula is C20H23NO2S. The average molecular weight is 341 g/mol. The van der Waals surface area contributed by atoms with Gasteiger partial charge in [0, 0.05) is 22.0 Å². The number of ether oxygens (including phenoxy) is 1. The Labute approximate surface area is 147 Å². The van der Waals surface area contributed by atoms with E-state index in [4.69, 9.17) is 4.74 Å². The molecule has 0 unspecified atom stereocenters. The fraction of sp³-hybridized carbons (Fsp3) is 0.450. The van der Waals surface area contributed by atoms with Crippen molar-refractivity contribution >= 4 is 17.2 Å². The zero-order valence-corrected chi connectivity index (χ0v) is 15.0. The first kappa shape index (κ1) is 15.7. The standard InChI is InChI=1S/C20H23NO2S/c1-12-6-3-4-8-15(12)21-20(22)17-10-14-11-23-16-9-5-7-13(2)18(16)19(14)24-17/h5,7,9-10,12,15H,3-4,6,8,11H2,1-2H3,(H,21,22)/t12-,15+/m0/s1. The van der Waals surface area contributed by atoms with Gasteiger partial charge in [-0.2, -0.15) is 0 Å². The summed E-state index contributed by atoms with van der Waals surface area (Å²) in [6.45, 7) is 4.90. The maximum absolute atomic E-state index is 12.7. The van der Waals surface area contributed by atoms with Crippen molar-refractivity contribution < 1.29 is 9.53 Å². The number of thiophene rings is 1. The van der Waals surface area contributed by atoms with Crippen molar-refractivity contribution in [3.8, 4) is 16.2 Å². The van der Waals surface area contributed by atoms with Crippen LogP contribution in [0.15, 0.2) is 24.3 Å². The SMILES string of the molecule is Cc1cccc2c1-c1sc(C(=O)N[C@@H]3CCCC[C@@H]3C)cc1CO2. The van der Waals surface area contributed by atoms with Gasteiger partial charge < -0.3 is 10.1 Å². The van der Waals surface area contributed by atoms with E-state index in [9.17, 15) is 4.79 Å². The molecule has 126 valence electrons. The molecule has 4 heteroatoms. The van der Waals surface area contributed by atoms with Crippen molar-refractivity contribution in [1.82, 2.24) is 5.32 Å². The van der Waals surface area contributed by atoms with Crippen LogP contribution >= 0.6 is 11.3 Å². The number of hydrogen-bond donors (Lipinski definition) is 1. The minimum absolute atomic E-state index is 0.0725. The van der Waals surface area contributed by atoms with Crippen molar-refractivity contribution in [2.24, 2.45) is 5.92 Å². The van der Waals surface area contributed by atoms with E-state index >= 15 is 0 Å². The number of carbonyl (C=O) groups is 1. The first-order valence-electron chi connectivity index (χ1n) is 8.80. The van der Waals surface area contributed by atoms with Gasteiger partial charge in [0.2, 0.25) is 0 Å². The van der Waals surface area contributed by atoms with E-state index in [-0.39, 0.29) is 5.91 Å². The molecule has 1 amide bonds. The number of fused-ring (bicyclic) bond motifs is 3. The van der Waals surface area contributed by atoms with E-state index in [0.29, 0.717) is 18.6 Å². The Morgan fingerprint density at radius 1 is 1.29 bits per heavy atom. The summed E-state index contributed by atoms with van der Waals surface area (Å²) in [5.74, 6) is 1.57. The Morgan fingerprint density at radius 3 is 2.96 bits per heavy atom. The van der Waals surface area contributed by atoms with E-state index in [1.807, 2.05) is 18.2 Å². The Balaban J connectivity index is 1.61. The molecule has 1 aromatic heterocycles. The first-order chi connectivity index (χ1) is 11.6. The highest BCUT2D eigenvalue weighted by Crippen LogP contribution is 2.44. The second-order valence-electron chi connectivity index (χ2n) is 7.04. The highest BCUT2D eigenvalue weighted by molar-refractivity contribution is 7.17. The predicted octanol–water partition coefficient (Wildman–Crippen LogP) is 4.92. The molecule has 1 aliphatic carbocycles. The molecule has 24 heavy (non-hydrogen) atoms. The molecule has 0 bridgehead atoms. The van der Waals surface area contributed by atoms with Gasteiger partial charge >= 0.3 is 0 Å². The van der Waals surface area contributed by atoms with Gasteiger partial charge in [-0.05, 0) is 43.4 Å². The molecular weight excluding hydrogens is 318 g/mol. The van der Waals surface area contributed by atoms with Gasteiger partial charge in [-0.25, -0.2) is 0 Å². The molecule has 1 saturated carbocycles. The van der Waals surface area contributed by atoms with Gasteiger partial charge in [-0.1, -0.05) is 31.9 Å². The number of rotatable bonds is 2. The highest BCUT2D eigenvalue weighted by Gasteiger charge is 2.27. The molecule has 2 aromatic rings. The first-order valence-corrected chi connectivity index (χ1v) is 9.61. The van der Waals surface area contributed by atoms with Gasteiger partial charge in [-0.15, -0.1) is 11.3 Å². The van der Waals surface area contributed by atoms with Crippen molar-refractivity contribution in [2.75, 3.05) is 0 Å². The van der Waals surface area contributed by atoms with E-state index in [0.717, 1.165) is 28.2 Å². The largest absolute Gasteiger partial charge is 0.488 e. The number of benzene rings is 1.